The molecule has 0 fully saturated rings. The van der Waals surface area contributed by atoms with Crippen molar-refractivity contribution in [3.8, 4) is 0 Å². The van der Waals surface area contributed by atoms with Crippen LogP contribution in [0.3, 0.4) is 0 Å². The van der Waals surface area contributed by atoms with Gasteiger partial charge in [0.1, 0.15) is 42.5 Å². The van der Waals surface area contributed by atoms with Gasteiger partial charge in [-0.25, -0.2) is 10.4 Å². The Bertz CT molecular complexity index is 2490. The predicted octanol–water partition coefficient (Wildman–Crippen LogP) is -1.66. The monoisotopic (exact) mass is 1310 g/mol. The fourth-order valence-electron chi connectivity index (χ4n) is 9.18. The van der Waals surface area contributed by atoms with E-state index >= 15 is 0 Å². The molecule has 22 N–H and O–H groups in total. The summed E-state index contributed by atoms with van der Waals surface area (Å²) in [5, 5.41) is 40.2. The number of carbonyl (C=O) groups is 13. The molecule has 0 aliphatic heterocycles. The minimum Gasteiger partial charge on any atom is -0.481 e. The number of amides is 9. The molecule has 1 aromatic heterocycles. The highest BCUT2D eigenvalue weighted by atomic mass is 16.4. The van der Waals surface area contributed by atoms with Gasteiger partial charge in [-0.1, -0.05) is 92.9 Å². The second kappa shape index (κ2) is 47.9. The molecular weight excluding hydrogens is 1200 g/mol. The van der Waals surface area contributed by atoms with Crippen LogP contribution in [-0.4, -0.2) is 177 Å². The summed E-state index contributed by atoms with van der Waals surface area (Å²) in [6.07, 6.45) is 9.47. The summed E-state index contributed by atoms with van der Waals surface area (Å²) in [5.74, 6) is -5.91. The number of hydrogen-bond acceptors (Lipinski definition) is 19. The van der Waals surface area contributed by atoms with Crippen LogP contribution in [0.1, 0.15) is 190 Å². The lowest BCUT2D eigenvalue weighted by Gasteiger charge is -2.27. The largest absolute Gasteiger partial charge is 0.481 e. The second-order valence-corrected chi connectivity index (χ2v) is 23.7. The number of primary amides is 2. The van der Waals surface area contributed by atoms with E-state index in [9.17, 15) is 72.5 Å². The molecule has 522 valence electrons. The van der Waals surface area contributed by atoms with E-state index in [1.165, 1.54) is 64.9 Å². The van der Waals surface area contributed by atoms with Gasteiger partial charge in [0, 0.05) is 44.1 Å². The Morgan fingerprint density at radius 1 is 0.565 bits per heavy atom. The van der Waals surface area contributed by atoms with Crippen molar-refractivity contribution >= 4 is 82.9 Å². The van der Waals surface area contributed by atoms with E-state index in [2.05, 4.69) is 76.8 Å². The Morgan fingerprint density at radius 2 is 1.05 bits per heavy atom. The number of carbonyl (C=O) groups excluding carboxylic acids is 12. The number of aromatic nitrogens is 2. The minimum atomic E-state index is -1.66. The highest BCUT2D eigenvalue weighted by molar-refractivity contribution is 6.41. The van der Waals surface area contributed by atoms with E-state index in [0.717, 1.165) is 0 Å². The zero-order chi connectivity index (χ0) is 69.9. The van der Waals surface area contributed by atoms with E-state index in [-0.39, 0.29) is 88.7 Å². The van der Waals surface area contributed by atoms with E-state index in [1.54, 1.807) is 0 Å². The van der Waals surface area contributed by atoms with Crippen molar-refractivity contribution in [1.82, 2.24) is 57.9 Å². The molecule has 9 amide bonds. The summed E-state index contributed by atoms with van der Waals surface area (Å²) >= 11 is 0. The number of ketones is 2. The molecule has 0 aliphatic carbocycles. The molecule has 0 aliphatic rings. The first-order chi connectivity index (χ1) is 43.4. The maximum absolute atomic E-state index is 14.0. The third-order valence-electron chi connectivity index (χ3n) is 14.1. The molecule has 10 atom stereocenters. The molecule has 0 bridgehead atoms. The minimum absolute atomic E-state index is 0.0223. The van der Waals surface area contributed by atoms with Gasteiger partial charge >= 0.3 is 5.97 Å². The number of guanidine groups is 1. The number of aliphatic imine (C=N–C) groups is 1. The van der Waals surface area contributed by atoms with Gasteiger partial charge in [-0.15, -0.1) is 0 Å². The van der Waals surface area contributed by atoms with E-state index < -0.39 is 150 Å². The van der Waals surface area contributed by atoms with Crippen LogP contribution in [0.2, 0.25) is 0 Å². The summed E-state index contributed by atoms with van der Waals surface area (Å²) in [5.41, 5.74) is 24.3. The average molecular weight is 1310 g/mol. The number of H-pyrrole nitrogens is 1. The van der Waals surface area contributed by atoms with Gasteiger partial charge in [0.25, 0.3) is 0 Å². The zero-order valence-corrected chi connectivity index (χ0v) is 54.9. The molecule has 3 unspecified atom stereocenters. The Morgan fingerprint density at radius 3 is 1.55 bits per heavy atom. The summed E-state index contributed by atoms with van der Waals surface area (Å²) in [4.78, 5) is 179. The van der Waals surface area contributed by atoms with Crippen LogP contribution in [0, 0.1) is 11.8 Å². The number of nitrogens with zero attached hydrogens (tertiary/aromatic N) is 2. The smallest absolute Gasteiger partial charge is 0.303 e. The number of nitrogens with one attached hydrogen (secondary N) is 10. The number of aliphatic hydroxyl groups excluding tert-OH is 1. The molecule has 0 saturated carbocycles. The lowest BCUT2D eigenvalue weighted by atomic mass is 9.93. The van der Waals surface area contributed by atoms with Gasteiger partial charge in [-0.2, -0.15) is 0 Å². The van der Waals surface area contributed by atoms with E-state index in [1.807, 2.05) is 27.7 Å². The summed E-state index contributed by atoms with van der Waals surface area (Å²) in [6.45, 7) is 14.7. The fraction of sp³-hybridized carbons (Fsp3) is 0.717. The summed E-state index contributed by atoms with van der Waals surface area (Å²) < 4.78 is 0. The van der Waals surface area contributed by atoms with Gasteiger partial charge in [0.15, 0.2) is 5.96 Å². The van der Waals surface area contributed by atoms with Crippen LogP contribution >= 0.6 is 0 Å². The topological polar surface area (TPSA) is 542 Å². The van der Waals surface area contributed by atoms with Crippen molar-refractivity contribution < 1.29 is 72.5 Å². The number of carboxylic acid groups (broad SMARTS) is 1. The lowest BCUT2D eigenvalue weighted by molar-refractivity contribution is -0.140. The highest BCUT2D eigenvalue weighted by Gasteiger charge is 2.37. The molecule has 92 heavy (non-hydrogen) atoms. The Labute approximate surface area is 539 Å². The van der Waals surface area contributed by atoms with Crippen LogP contribution in [0.4, 0.5) is 0 Å². The van der Waals surface area contributed by atoms with Crippen molar-refractivity contribution in [3.63, 3.8) is 0 Å². The lowest BCUT2D eigenvalue weighted by Crippen LogP contribution is -2.59. The number of carboxylic acids is 1. The number of aliphatic hydroxyl groups is 1. The Balaban J connectivity index is 0.00000963. The first kappa shape index (κ1) is 84.0. The zero-order valence-electron chi connectivity index (χ0n) is 54.9. The Kier molecular flexibility index (Phi) is 43.7. The van der Waals surface area contributed by atoms with Crippen molar-refractivity contribution in [3.05, 3.63) is 18.2 Å². The number of aldehydes is 1. The molecule has 0 radical (unpaired) electrons. The molecular formula is C60H107N17O15. The first-order valence-electron chi connectivity index (χ1n) is 31.7. The number of nitrogens with two attached hydrogens (primary N) is 5. The second-order valence-electron chi connectivity index (χ2n) is 23.7. The van der Waals surface area contributed by atoms with Crippen LogP contribution in [0.15, 0.2) is 17.5 Å². The van der Waals surface area contributed by atoms with Crippen LogP contribution in [-0.2, 0) is 68.7 Å². The van der Waals surface area contributed by atoms with Crippen LogP contribution in [0.5, 0.6) is 0 Å². The van der Waals surface area contributed by atoms with Gasteiger partial charge < -0.3 is 85.5 Å². The third-order valence-corrected chi connectivity index (χ3v) is 14.1. The maximum atomic E-state index is 14.0. The quantitative estimate of drug-likeness (QED) is 0.00660. The van der Waals surface area contributed by atoms with Crippen molar-refractivity contribution in [2.24, 2.45) is 45.6 Å². The number of unbranched alkanes of at least 4 members (excludes halogenated alkanes) is 8. The molecule has 1 aromatic rings. The molecule has 1 heterocycles. The fourth-order valence-corrected chi connectivity index (χ4v) is 9.18. The van der Waals surface area contributed by atoms with Crippen LogP contribution < -0.4 is 76.7 Å². The van der Waals surface area contributed by atoms with Gasteiger partial charge in [-0.3, -0.25) is 68.4 Å². The summed E-state index contributed by atoms with van der Waals surface area (Å²) in [7, 11) is 0. The van der Waals surface area contributed by atoms with Crippen molar-refractivity contribution in [2.45, 2.75) is 251 Å². The average Bonchev–Trinajstić information content (AvgIpc) is 1.46. The van der Waals surface area contributed by atoms with Crippen LogP contribution in [0.25, 0.3) is 0 Å². The number of aliphatic carboxylic acids is 1. The maximum Gasteiger partial charge on any atom is 0.303 e. The molecule has 32 heteroatoms. The standard InChI is InChI=1S/C52H89N17O15.C8H18/c1-27(2)20-35(44(77)45(78)36(22-31-24-58-26-61-31)66-49(82)37(23-40(54)73)67-50(83)38(69-57)21-28(3)4)59-18-10-8-7-9-13-41(74)68-43(30(6)71)51(84)65-34(15-17-42(75)76)48(81)63-32(12-11-19-60-52(55)56)47(80)64-33(14-16-39(53)72)46(79)62-29(5)25-70;1-3-5-7-8-6-4-2/h24-30,32-38,43,59,69,71H,7-23,57H2,1-6H3,(H2,53,72)(H2,54,73)(H,58,61)(H,62,79)(H,63,81)(H,64,80)(H,65,84)(H,66,82)(H,67,83)(H,68,74)(H,75,76)(H4,55,56,60);3-8H2,1-2H3/t29-,30+,32-,33?,34?,35-,36-,37?,38-,43-;/m0./s1. The number of rotatable bonds is 50. The summed E-state index contributed by atoms with van der Waals surface area (Å²) in [6, 6.07) is -12.1. The van der Waals surface area contributed by atoms with E-state index in [4.69, 9.17) is 28.8 Å². The van der Waals surface area contributed by atoms with Gasteiger partial charge in [0.05, 0.1) is 37.0 Å². The molecule has 32 nitrogen and oxygen atoms in total. The normalized spacial score (nSPS) is 14.3. The van der Waals surface area contributed by atoms with E-state index in [0.29, 0.717) is 31.2 Å². The SMILES string of the molecule is CC(C)C[C@H](NN)C(=O)NC(CC(N)=O)C(=O)N[C@@H](Cc1cnc[nH]1)C(=O)C(=O)[C@H](CC(C)C)NCCCCCCC(=O)N[C@H](C(=O)NC(CCC(=O)O)C(=O)N[C@@H](CCCN=C(N)N)C(=O)NC(CCC(N)=O)C(=O)N[C@@H](C)C=O)[C@@H](C)O.CCCCCCCC. The first-order valence-corrected chi connectivity index (χ1v) is 31.7. The predicted molar refractivity (Wildman–Crippen MR) is 342 cm³/mol. The number of aromatic amines is 1. The molecule has 0 saturated heterocycles. The van der Waals surface area contributed by atoms with Gasteiger partial charge in [-0.05, 0) is 83.6 Å². The molecule has 1 rings (SSSR count). The van der Waals surface area contributed by atoms with Crippen molar-refractivity contribution in [1.29, 1.82) is 0 Å². The molecule has 0 spiro atoms. The highest BCUT2D eigenvalue weighted by Crippen LogP contribution is 2.14. The third kappa shape index (κ3) is 38.0. The van der Waals surface area contributed by atoms with Crippen molar-refractivity contribution in [2.75, 3.05) is 13.1 Å². The molecule has 0 aromatic carbocycles. The number of hydrazine groups is 1. The number of imidazole rings is 1. The Hall–Kier alpha value is -7.97. The van der Waals surface area contributed by atoms with Gasteiger partial charge in [0.2, 0.25) is 64.7 Å². The number of hydrogen-bond donors (Lipinski definition) is 17. The number of Topliss-reactive ketones (excluding diaryl/α,β-unsaturated/α-hetero) is 2.